The molecular weight excluding hydrogens is 308 g/mol. The Hall–Kier alpha value is -3.45. The number of para-hydroxylation sites is 1. The zero-order valence-electron chi connectivity index (χ0n) is 13.6. The zero-order chi connectivity index (χ0) is 16.9. The minimum Gasteiger partial charge on any atom is -0.368 e. The maximum Gasteiger partial charge on any atom is 0.137 e. The van der Waals surface area contributed by atoms with E-state index in [1.54, 1.807) is 12.5 Å². The molecule has 0 aliphatic rings. The highest BCUT2D eigenvalue weighted by Gasteiger charge is 2.01. The van der Waals surface area contributed by atoms with Gasteiger partial charge in [-0.1, -0.05) is 36.1 Å². The van der Waals surface area contributed by atoms with Gasteiger partial charge in [0.05, 0.1) is 11.0 Å². The van der Waals surface area contributed by atoms with Crippen LogP contribution in [0.4, 0.5) is 5.82 Å². The molecule has 0 radical (unpaired) electrons. The van der Waals surface area contributed by atoms with Crippen LogP contribution < -0.4 is 5.32 Å². The van der Waals surface area contributed by atoms with Crippen molar-refractivity contribution in [2.24, 2.45) is 0 Å². The highest BCUT2D eigenvalue weighted by molar-refractivity contribution is 5.88. The van der Waals surface area contributed by atoms with Gasteiger partial charge in [0.15, 0.2) is 0 Å². The molecule has 0 fully saturated rings. The molecule has 1 N–H and O–H groups in total. The lowest BCUT2D eigenvalue weighted by atomic mass is 10.1. The first-order valence-corrected chi connectivity index (χ1v) is 8.18. The second-order valence-corrected chi connectivity index (χ2v) is 5.59. The third-order valence-corrected chi connectivity index (χ3v) is 3.95. The van der Waals surface area contributed by atoms with Crippen LogP contribution in [0.15, 0.2) is 67.1 Å². The second kappa shape index (κ2) is 6.98. The topological polar surface area (TPSA) is 50.7 Å². The molecule has 0 aliphatic carbocycles. The van der Waals surface area contributed by atoms with Crippen molar-refractivity contribution in [1.29, 1.82) is 0 Å². The predicted octanol–water partition coefficient (Wildman–Crippen LogP) is 4.03. The molecule has 0 atom stereocenters. The van der Waals surface area contributed by atoms with Crippen LogP contribution in [-0.4, -0.2) is 21.5 Å². The van der Waals surface area contributed by atoms with E-state index >= 15 is 0 Å². The van der Waals surface area contributed by atoms with Crippen molar-refractivity contribution < 1.29 is 0 Å². The number of benzene rings is 2. The molecule has 0 aliphatic heterocycles. The largest absolute Gasteiger partial charge is 0.368 e. The third kappa shape index (κ3) is 3.26. The number of hydrogen-bond acceptors (Lipinski definition) is 4. The highest BCUT2D eigenvalue weighted by atomic mass is 15.0. The first-order valence-electron chi connectivity index (χ1n) is 8.18. The van der Waals surface area contributed by atoms with Crippen LogP contribution in [0.1, 0.15) is 12.0 Å². The van der Waals surface area contributed by atoms with Gasteiger partial charge in [0, 0.05) is 35.5 Å². The van der Waals surface area contributed by atoms with Gasteiger partial charge in [-0.15, -0.1) is 0 Å². The van der Waals surface area contributed by atoms with Crippen LogP contribution in [-0.2, 0) is 0 Å². The Balaban J connectivity index is 1.45. The number of rotatable bonds is 3. The summed E-state index contributed by atoms with van der Waals surface area (Å²) in [6.07, 6.45) is 4.12. The second-order valence-electron chi connectivity index (χ2n) is 5.59. The SMILES string of the molecule is C(#Cc1cccc2ncccc12)CCNc1ncnc2ccccc12. The van der Waals surface area contributed by atoms with Gasteiger partial charge in [0.25, 0.3) is 0 Å². The average molecular weight is 324 g/mol. The summed E-state index contributed by atoms with van der Waals surface area (Å²) in [7, 11) is 0. The van der Waals surface area contributed by atoms with Gasteiger partial charge in [0.1, 0.15) is 12.1 Å². The van der Waals surface area contributed by atoms with Crippen molar-refractivity contribution in [2.45, 2.75) is 6.42 Å². The lowest BCUT2D eigenvalue weighted by Gasteiger charge is -2.06. The number of nitrogens with one attached hydrogen (secondary N) is 1. The van der Waals surface area contributed by atoms with E-state index in [0.717, 1.165) is 46.2 Å². The van der Waals surface area contributed by atoms with E-state index in [1.165, 1.54) is 0 Å². The molecule has 2 aromatic heterocycles. The Kier molecular flexibility index (Phi) is 4.21. The van der Waals surface area contributed by atoms with Crippen LogP contribution in [0.5, 0.6) is 0 Å². The van der Waals surface area contributed by atoms with Gasteiger partial charge in [-0.2, -0.15) is 0 Å². The number of anilines is 1. The van der Waals surface area contributed by atoms with Gasteiger partial charge >= 0.3 is 0 Å². The van der Waals surface area contributed by atoms with Crippen molar-refractivity contribution in [3.63, 3.8) is 0 Å². The van der Waals surface area contributed by atoms with Crippen LogP contribution in [0, 0.1) is 11.8 Å². The molecule has 4 aromatic rings. The smallest absolute Gasteiger partial charge is 0.137 e. The summed E-state index contributed by atoms with van der Waals surface area (Å²) in [4.78, 5) is 13.0. The van der Waals surface area contributed by atoms with E-state index < -0.39 is 0 Å². The van der Waals surface area contributed by atoms with E-state index in [9.17, 15) is 0 Å². The summed E-state index contributed by atoms with van der Waals surface area (Å²) >= 11 is 0. The van der Waals surface area contributed by atoms with Crippen molar-refractivity contribution in [2.75, 3.05) is 11.9 Å². The number of pyridine rings is 1. The molecule has 4 nitrogen and oxygen atoms in total. The molecule has 2 aromatic carbocycles. The molecule has 4 heteroatoms. The van der Waals surface area contributed by atoms with E-state index in [2.05, 4.69) is 38.2 Å². The van der Waals surface area contributed by atoms with Gasteiger partial charge < -0.3 is 5.32 Å². The lowest BCUT2D eigenvalue weighted by molar-refractivity contribution is 1.07. The Bertz CT molecular complexity index is 1080. The fourth-order valence-corrected chi connectivity index (χ4v) is 2.76. The summed E-state index contributed by atoms with van der Waals surface area (Å²) < 4.78 is 0. The van der Waals surface area contributed by atoms with Crippen molar-refractivity contribution >= 4 is 27.6 Å². The highest BCUT2D eigenvalue weighted by Crippen LogP contribution is 2.18. The molecule has 4 rings (SSSR count). The van der Waals surface area contributed by atoms with E-state index in [4.69, 9.17) is 0 Å². The Labute approximate surface area is 146 Å². The fourth-order valence-electron chi connectivity index (χ4n) is 2.76. The molecule has 0 unspecified atom stereocenters. The monoisotopic (exact) mass is 324 g/mol. The third-order valence-electron chi connectivity index (χ3n) is 3.95. The van der Waals surface area contributed by atoms with Gasteiger partial charge in [-0.25, -0.2) is 9.97 Å². The lowest BCUT2D eigenvalue weighted by Crippen LogP contribution is -2.03. The molecule has 0 amide bonds. The fraction of sp³-hybridized carbons (Fsp3) is 0.0952. The first kappa shape index (κ1) is 15.1. The van der Waals surface area contributed by atoms with Crippen LogP contribution in [0.3, 0.4) is 0 Å². The van der Waals surface area contributed by atoms with Gasteiger partial charge in [-0.05, 0) is 30.3 Å². The van der Waals surface area contributed by atoms with Crippen molar-refractivity contribution in [1.82, 2.24) is 15.0 Å². The minimum atomic E-state index is 0.731. The quantitative estimate of drug-likeness (QED) is 0.456. The summed E-state index contributed by atoms with van der Waals surface area (Å²) in [5.41, 5.74) is 2.92. The molecule has 0 bridgehead atoms. The number of aromatic nitrogens is 3. The van der Waals surface area contributed by atoms with Crippen molar-refractivity contribution in [3.8, 4) is 11.8 Å². The normalized spacial score (nSPS) is 10.4. The van der Waals surface area contributed by atoms with E-state index in [-0.39, 0.29) is 0 Å². The maximum atomic E-state index is 4.36. The Morgan fingerprint density at radius 1 is 0.800 bits per heavy atom. The summed E-state index contributed by atoms with van der Waals surface area (Å²) in [6, 6.07) is 18.0. The number of hydrogen-bond donors (Lipinski definition) is 1. The van der Waals surface area contributed by atoms with Crippen molar-refractivity contribution in [3.05, 3.63) is 72.7 Å². The van der Waals surface area contributed by atoms with Gasteiger partial charge in [-0.3, -0.25) is 4.98 Å². The standard InChI is InChI=1S/C21H16N4/c1-2-11-20-18(9-1)21(25-15-24-20)23-13-4-3-7-16-8-5-12-19-17(16)10-6-14-22-19/h1-2,5-6,8-12,14-15H,4,13H2,(H,23,24,25). The van der Waals surface area contributed by atoms with Gasteiger partial charge in [0.2, 0.25) is 0 Å². The zero-order valence-corrected chi connectivity index (χ0v) is 13.6. The van der Waals surface area contributed by atoms with Crippen LogP contribution >= 0.6 is 0 Å². The number of nitrogens with zero attached hydrogens (tertiary/aromatic N) is 3. The van der Waals surface area contributed by atoms with E-state index in [0.29, 0.717) is 0 Å². The first-order chi connectivity index (χ1) is 12.4. The number of fused-ring (bicyclic) bond motifs is 2. The molecule has 120 valence electrons. The average Bonchev–Trinajstić information content (AvgIpc) is 2.68. The molecular formula is C21H16N4. The van der Waals surface area contributed by atoms with E-state index in [1.807, 2.05) is 48.5 Å². The molecule has 0 spiro atoms. The molecule has 0 saturated heterocycles. The predicted molar refractivity (Wildman–Crippen MR) is 101 cm³/mol. The minimum absolute atomic E-state index is 0.731. The summed E-state index contributed by atoms with van der Waals surface area (Å²) in [6.45, 7) is 0.733. The Morgan fingerprint density at radius 3 is 2.64 bits per heavy atom. The van der Waals surface area contributed by atoms with Crippen LogP contribution in [0.25, 0.3) is 21.8 Å². The summed E-state index contributed by atoms with van der Waals surface area (Å²) in [5.74, 6) is 7.33. The molecule has 2 heterocycles. The molecule has 0 saturated carbocycles. The Morgan fingerprint density at radius 2 is 1.64 bits per heavy atom. The summed E-state index contributed by atoms with van der Waals surface area (Å²) in [5, 5.41) is 5.46. The maximum absolute atomic E-state index is 4.36. The molecule has 25 heavy (non-hydrogen) atoms. The van der Waals surface area contributed by atoms with Crippen LogP contribution in [0.2, 0.25) is 0 Å².